The molecule has 2 aromatic carbocycles. The van der Waals surface area contributed by atoms with E-state index in [4.69, 9.17) is 17.3 Å². The van der Waals surface area contributed by atoms with E-state index in [1.807, 2.05) is 30.3 Å². The summed E-state index contributed by atoms with van der Waals surface area (Å²) in [7, 11) is 0. The molecule has 0 aliphatic carbocycles. The second kappa shape index (κ2) is 5.94. The van der Waals surface area contributed by atoms with E-state index in [9.17, 15) is 0 Å². The third-order valence-electron chi connectivity index (χ3n) is 2.32. The number of rotatable bonds is 3. The molecule has 0 aromatic heterocycles. The monoisotopic (exact) mass is 256 g/mol. The lowest BCUT2D eigenvalue weighted by molar-refractivity contribution is 1.02. The number of fused-ring (bicyclic) bond motifs is 1. The van der Waals surface area contributed by atoms with Gasteiger partial charge in [0.05, 0.1) is 10.7 Å². The van der Waals surface area contributed by atoms with E-state index in [-0.39, 0.29) is 12.4 Å². The fraction of sp³-hybridized carbons (Fsp3) is 0.167. The second-order valence-corrected chi connectivity index (χ2v) is 3.74. The third kappa shape index (κ3) is 2.59. The van der Waals surface area contributed by atoms with E-state index in [0.717, 1.165) is 28.0 Å². The molecule has 0 unspecified atom stereocenters. The van der Waals surface area contributed by atoms with Crippen molar-refractivity contribution in [1.82, 2.24) is 0 Å². The number of hydrogen-bond donors (Lipinski definition) is 2. The minimum Gasteiger partial charge on any atom is -0.383 e. The number of anilines is 1. The topological polar surface area (TPSA) is 38.0 Å². The molecule has 2 rings (SSSR count). The lowest BCUT2D eigenvalue weighted by atomic mass is 10.1. The fourth-order valence-electron chi connectivity index (χ4n) is 1.58. The maximum absolute atomic E-state index is 6.27. The minimum atomic E-state index is 0. The van der Waals surface area contributed by atoms with E-state index in [2.05, 4.69) is 11.4 Å². The first kappa shape index (κ1) is 13.1. The summed E-state index contributed by atoms with van der Waals surface area (Å²) in [5.74, 6) is 0. The number of hydrogen-bond acceptors (Lipinski definition) is 2. The molecular weight excluding hydrogens is 243 g/mol. The summed E-state index contributed by atoms with van der Waals surface area (Å²) in [6.45, 7) is 1.33. The predicted octanol–water partition coefficient (Wildman–Crippen LogP) is 3.29. The summed E-state index contributed by atoms with van der Waals surface area (Å²) >= 11 is 6.27. The smallest absolute Gasteiger partial charge is 0.0715 e. The SMILES string of the molecule is Cl.NCCNc1ccc2ccccc2c1Cl. The van der Waals surface area contributed by atoms with E-state index >= 15 is 0 Å². The molecule has 0 radical (unpaired) electrons. The van der Waals surface area contributed by atoms with Crippen LogP contribution in [0.3, 0.4) is 0 Å². The van der Waals surface area contributed by atoms with Crippen molar-refractivity contribution in [2.24, 2.45) is 5.73 Å². The van der Waals surface area contributed by atoms with Gasteiger partial charge in [-0.15, -0.1) is 12.4 Å². The second-order valence-electron chi connectivity index (χ2n) is 3.36. The van der Waals surface area contributed by atoms with Gasteiger partial charge in [0.25, 0.3) is 0 Å². The van der Waals surface area contributed by atoms with Crippen LogP contribution in [0.5, 0.6) is 0 Å². The van der Waals surface area contributed by atoms with Gasteiger partial charge in [0.15, 0.2) is 0 Å². The first-order valence-electron chi connectivity index (χ1n) is 4.94. The number of benzene rings is 2. The molecule has 0 aliphatic heterocycles. The van der Waals surface area contributed by atoms with Crippen molar-refractivity contribution in [3.05, 3.63) is 41.4 Å². The first-order valence-corrected chi connectivity index (χ1v) is 5.32. The molecule has 3 N–H and O–H groups in total. The third-order valence-corrected chi connectivity index (χ3v) is 2.73. The number of nitrogens with one attached hydrogen (secondary N) is 1. The Morgan fingerprint density at radius 3 is 2.62 bits per heavy atom. The zero-order valence-corrected chi connectivity index (χ0v) is 10.3. The fourth-order valence-corrected chi connectivity index (χ4v) is 1.88. The maximum Gasteiger partial charge on any atom is 0.0715 e. The molecule has 0 amide bonds. The van der Waals surface area contributed by atoms with E-state index in [0.29, 0.717) is 6.54 Å². The highest BCUT2D eigenvalue weighted by Crippen LogP contribution is 2.30. The molecule has 4 heteroatoms. The van der Waals surface area contributed by atoms with Crippen LogP contribution < -0.4 is 11.1 Å². The van der Waals surface area contributed by atoms with Crippen molar-refractivity contribution >= 4 is 40.5 Å². The van der Waals surface area contributed by atoms with Crippen LogP contribution in [0.25, 0.3) is 10.8 Å². The van der Waals surface area contributed by atoms with Crippen molar-refractivity contribution in [1.29, 1.82) is 0 Å². The molecule has 0 heterocycles. The molecular formula is C12H14Cl2N2. The minimum absolute atomic E-state index is 0. The van der Waals surface area contributed by atoms with E-state index < -0.39 is 0 Å². The highest BCUT2D eigenvalue weighted by atomic mass is 35.5. The van der Waals surface area contributed by atoms with Crippen LogP contribution in [-0.2, 0) is 0 Å². The Morgan fingerprint density at radius 2 is 1.88 bits per heavy atom. The average molecular weight is 257 g/mol. The highest BCUT2D eigenvalue weighted by Gasteiger charge is 2.03. The molecule has 86 valence electrons. The van der Waals surface area contributed by atoms with Crippen LogP contribution >= 0.6 is 24.0 Å². The summed E-state index contributed by atoms with van der Waals surface area (Å²) in [4.78, 5) is 0. The molecule has 0 saturated heterocycles. The largest absolute Gasteiger partial charge is 0.383 e. The Balaban J connectivity index is 0.00000128. The average Bonchev–Trinajstić information content (AvgIpc) is 2.29. The van der Waals surface area contributed by atoms with Crippen molar-refractivity contribution < 1.29 is 0 Å². The van der Waals surface area contributed by atoms with Gasteiger partial charge in [0.1, 0.15) is 0 Å². The van der Waals surface area contributed by atoms with Crippen molar-refractivity contribution in [3.8, 4) is 0 Å². The quantitative estimate of drug-likeness (QED) is 0.885. The Kier molecular flexibility index (Phi) is 4.87. The molecule has 0 bridgehead atoms. The van der Waals surface area contributed by atoms with Crippen LogP contribution in [0.1, 0.15) is 0 Å². The maximum atomic E-state index is 6.27. The lowest BCUT2D eigenvalue weighted by Gasteiger charge is -2.09. The standard InChI is InChI=1S/C12H13ClN2.ClH/c13-12-10-4-2-1-3-9(10)5-6-11(12)15-8-7-14;/h1-6,15H,7-8,14H2;1H. The Hall–Kier alpha value is -0.960. The van der Waals surface area contributed by atoms with Gasteiger partial charge >= 0.3 is 0 Å². The zero-order chi connectivity index (χ0) is 10.7. The zero-order valence-electron chi connectivity index (χ0n) is 8.74. The summed E-state index contributed by atoms with van der Waals surface area (Å²) in [5.41, 5.74) is 6.38. The summed E-state index contributed by atoms with van der Waals surface area (Å²) in [5, 5.41) is 6.19. The van der Waals surface area contributed by atoms with E-state index in [1.165, 1.54) is 0 Å². The van der Waals surface area contributed by atoms with Gasteiger partial charge in [0, 0.05) is 18.5 Å². The van der Waals surface area contributed by atoms with Crippen LogP contribution in [0, 0.1) is 0 Å². The summed E-state index contributed by atoms with van der Waals surface area (Å²) < 4.78 is 0. The van der Waals surface area contributed by atoms with E-state index in [1.54, 1.807) is 0 Å². The van der Waals surface area contributed by atoms with Gasteiger partial charge in [-0.3, -0.25) is 0 Å². The molecule has 0 spiro atoms. The first-order chi connectivity index (χ1) is 7.33. The molecule has 0 fully saturated rings. The summed E-state index contributed by atoms with van der Waals surface area (Å²) in [6.07, 6.45) is 0. The van der Waals surface area contributed by atoms with Gasteiger partial charge in [-0.1, -0.05) is 41.9 Å². The normalized spacial score (nSPS) is 9.88. The number of halogens is 2. The Bertz CT molecular complexity index is 472. The van der Waals surface area contributed by atoms with Crippen molar-refractivity contribution in [3.63, 3.8) is 0 Å². The van der Waals surface area contributed by atoms with Gasteiger partial charge in [-0.2, -0.15) is 0 Å². The molecule has 16 heavy (non-hydrogen) atoms. The van der Waals surface area contributed by atoms with Gasteiger partial charge in [-0.25, -0.2) is 0 Å². The molecule has 0 atom stereocenters. The van der Waals surface area contributed by atoms with Gasteiger partial charge in [-0.05, 0) is 11.5 Å². The lowest BCUT2D eigenvalue weighted by Crippen LogP contribution is -2.13. The van der Waals surface area contributed by atoms with Crippen molar-refractivity contribution in [2.75, 3.05) is 18.4 Å². The highest BCUT2D eigenvalue weighted by molar-refractivity contribution is 6.38. The summed E-state index contributed by atoms with van der Waals surface area (Å²) in [6, 6.07) is 12.1. The molecule has 2 nitrogen and oxygen atoms in total. The van der Waals surface area contributed by atoms with Crippen LogP contribution in [-0.4, -0.2) is 13.1 Å². The van der Waals surface area contributed by atoms with Gasteiger partial charge in [0.2, 0.25) is 0 Å². The van der Waals surface area contributed by atoms with Crippen molar-refractivity contribution in [2.45, 2.75) is 0 Å². The number of nitrogens with two attached hydrogens (primary N) is 1. The van der Waals surface area contributed by atoms with Crippen LogP contribution in [0.2, 0.25) is 5.02 Å². The molecule has 0 saturated carbocycles. The predicted molar refractivity (Wildman–Crippen MR) is 73.8 cm³/mol. The molecule has 0 aliphatic rings. The Morgan fingerprint density at radius 1 is 1.12 bits per heavy atom. The van der Waals surface area contributed by atoms with Crippen LogP contribution in [0.15, 0.2) is 36.4 Å². The molecule has 2 aromatic rings. The van der Waals surface area contributed by atoms with Crippen LogP contribution in [0.4, 0.5) is 5.69 Å². The Labute approximate surface area is 106 Å². The van der Waals surface area contributed by atoms with Gasteiger partial charge < -0.3 is 11.1 Å².